The third-order valence-corrected chi connectivity index (χ3v) is 4.19. The largest absolute Gasteiger partial charge is 0.497 e. The zero-order chi connectivity index (χ0) is 18.7. The van der Waals surface area contributed by atoms with Crippen LogP contribution in [0.5, 0.6) is 23.0 Å². The lowest BCUT2D eigenvalue weighted by atomic mass is 10.1. The second kappa shape index (κ2) is 7.39. The van der Waals surface area contributed by atoms with Crippen LogP contribution in [0, 0.1) is 0 Å². The summed E-state index contributed by atoms with van der Waals surface area (Å²) < 4.78 is 23.6. The van der Waals surface area contributed by atoms with Gasteiger partial charge in [-0.25, -0.2) is 0 Å². The highest BCUT2D eigenvalue weighted by atomic mass is 16.5. The van der Waals surface area contributed by atoms with Gasteiger partial charge in [0.1, 0.15) is 18.1 Å². The topological polar surface area (TPSA) is 58.9 Å². The molecule has 1 aromatic heterocycles. The maximum atomic E-state index is 12.4. The number of hydrogen-bond acceptors (Lipinski definition) is 5. The van der Waals surface area contributed by atoms with Gasteiger partial charge in [0.2, 0.25) is 0 Å². The highest BCUT2D eigenvalue weighted by molar-refractivity contribution is 5.90. The summed E-state index contributed by atoms with van der Waals surface area (Å²) in [7, 11) is 6.49. The molecule has 3 aromatic rings. The molecule has 2 aromatic carbocycles. The average Bonchev–Trinajstić information content (AvgIpc) is 2.68. The van der Waals surface area contributed by atoms with E-state index in [1.165, 1.54) is 4.57 Å². The van der Waals surface area contributed by atoms with Crippen LogP contribution in [0.4, 0.5) is 0 Å². The summed E-state index contributed by atoms with van der Waals surface area (Å²) in [5.74, 6) is 2.47. The molecule has 1 heterocycles. The number of ether oxygens (including phenoxy) is 4. The Bertz CT molecular complexity index is 971. The average molecular weight is 355 g/mol. The van der Waals surface area contributed by atoms with Crippen LogP contribution >= 0.6 is 0 Å². The van der Waals surface area contributed by atoms with Crippen LogP contribution in [0.15, 0.2) is 47.4 Å². The number of aryl methyl sites for hydroxylation is 1. The van der Waals surface area contributed by atoms with E-state index < -0.39 is 0 Å². The van der Waals surface area contributed by atoms with Crippen LogP contribution in [0.3, 0.4) is 0 Å². The molecule has 0 radical (unpaired) electrons. The lowest BCUT2D eigenvalue weighted by molar-refractivity contribution is 0.287. The first-order valence-corrected chi connectivity index (χ1v) is 8.08. The molecule has 0 atom stereocenters. The molecule has 0 saturated carbocycles. The Morgan fingerprint density at radius 3 is 2.19 bits per heavy atom. The van der Waals surface area contributed by atoms with Crippen molar-refractivity contribution in [3.8, 4) is 23.0 Å². The molecule has 0 spiro atoms. The van der Waals surface area contributed by atoms with Gasteiger partial charge in [-0.2, -0.15) is 0 Å². The van der Waals surface area contributed by atoms with Gasteiger partial charge in [-0.05, 0) is 35.9 Å². The minimum absolute atomic E-state index is 0.0851. The molecule has 0 saturated heterocycles. The molecule has 0 amide bonds. The van der Waals surface area contributed by atoms with Crippen molar-refractivity contribution in [1.82, 2.24) is 4.57 Å². The Balaban J connectivity index is 2.01. The van der Waals surface area contributed by atoms with Crippen molar-refractivity contribution in [2.45, 2.75) is 6.61 Å². The second-order valence-corrected chi connectivity index (χ2v) is 5.80. The molecule has 0 aliphatic heterocycles. The molecule has 0 aliphatic rings. The second-order valence-electron chi connectivity index (χ2n) is 5.80. The molecule has 0 unspecified atom stereocenters. The summed E-state index contributed by atoms with van der Waals surface area (Å²) in [4.78, 5) is 12.4. The van der Waals surface area contributed by atoms with Crippen LogP contribution in [0.25, 0.3) is 10.8 Å². The van der Waals surface area contributed by atoms with Crippen LogP contribution in [0.2, 0.25) is 0 Å². The van der Waals surface area contributed by atoms with E-state index in [2.05, 4.69) is 0 Å². The fraction of sp³-hybridized carbons (Fsp3) is 0.250. The SMILES string of the molecule is COc1cc(COc2c(OC)ccc3c(=O)n(C)ccc23)cc(OC)c1. The standard InChI is InChI=1S/C20H21NO5/c1-21-8-7-16-17(20(21)22)5-6-18(25-4)19(16)26-12-13-9-14(23-2)11-15(10-13)24-3/h5-11H,12H2,1-4H3. The Morgan fingerprint density at radius 1 is 0.885 bits per heavy atom. The summed E-state index contributed by atoms with van der Waals surface area (Å²) in [6.45, 7) is 0.276. The van der Waals surface area contributed by atoms with Crippen molar-refractivity contribution in [2.24, 2.45) is 7.05 Å². The maximum Gasteiger partial charge on any atom is 0.258 e. The first kappa shape index (κ1) is 17.7. The number of rotatable bonds is 6. The van der Waals surface area contributed by atoms with Crippen molar-refractivity contribution >= 4 is 10.8 Å². The van der Waals surface area contributed by atoms with Crippen molar-refractivity contribution in [2.75, 3.05) is 21.3 Å². The van der Waals surface area contributed by atoms with E-state index in [1.54, 1.807) is 52.8 Å². The van der Waals surface area contributed by atoms with E-state index in [0.717, 1.165) is 5.56 Å². The minimum Gasteiger partial charge on any atom is -0.497 e. The Morgan fingerprint density at radius 2 is 1.58 bits per heavy atom. The van der Waals surface area contributed by atoms with Crippen LogP contribution < -0.4 is 24.5 Å². The van der Waals surface area contributed by atoms with Crippen molar-refractivity contribution in [3.63, 3.8) is 0 Å². The minimum atomic E-state index is -0.0851. The molecular formula is C20H21NO5. The molecule has 0 fully saturated rings. The van der Waals surface area contributed by atoms with Gasteiger partial charge in [0.15, 0.2) is 11.5 Å². The number of methoxy groups -OCH3 is 3. The number of fused-ring (bicyclic) bond motifs is 1. The molecule has 6 nitrogen and oxygen atoms in total. The normalized spacial score (nSPS) is 10.6. The zero-order valence-corrected chi connectivity index (χ0v) is 15.2. The van der Waals surface area contributed by atoms with E-state index in [4.69, 9.17) is 18.9 Å². The number of pyridine rings is 1. The Hall–Kier alpha value is -3.15. The monoisotopic (exact) mass is 355 g/mol. The van der Waals surface area contributed by atoms with Gasteiger partial charge in [-0.3, -0.25) is 4.79 Å². The highest BCUT2D eigenvalue weighted by Crippen LogP contribution is 2.35. The molecule has 136 valence electrons. The van der Waals surface area contributed by atoms with E-state index in [-0.39, 0.29) is 12.2 Å². The predicted molar refractivity (Wildman–Crippen MR) is 99.6 cm³/mol. The Kier molecular flexibility index (Phi) is 5.02. The van der Waals surface area contributed by atoms with E-state index in [9.17, 15) is 4.79 Å². The van der Waals surface area contributed by atoms with Gasteiger partial charge in [0, 0.05) is 24.7 Å². The summed E-state index contributed by atoms with van der Waals surface area (Å²) >= 11 is 0. The summed E-state index contributed by atoms with van der Waals surface area (Å²) in [6, 6.07) is 10.9. The van der Waals surface area contributed by atoms with Crippen LogP contribution in [-0.2, 0) is 13.7 Å². The quantitative estimate of drug-likeness (QED) is 0.680. The molecular weight excluding hydrogens is 334 g/mol. The van der Waals surface area contributed by atoms with Gasteiger partial charge in [-0.1, -0.05) is 0 Å². The third-order valence-electron chi connectivity index (χ3n) is 4.19. The van der Waals surface area contributed by atoms with Gasteiger partial charge in [-0.15, -0.1) is 0 Å². The molecule has 6 heteroatoms. The number of aromatic nitrogens is 1. The summed E-state index contributed by atoms with van der Waals surface area (Å²) in [5.41, 5.74) is 0.794. The Labute approximate surface area is 151 Å². The smallest absolute Gasteiger partial charge is 0.258 e. The van der Waals surface area contributed by atoms with Crippen LogP contribution in [0.1, 0.15) is 5.56 Å². The molecule has 0 aliphatic carbocycles. The predicted octanol–water partition coefficient (Wildman–Crippen LogP) is 3.14. The van der Waals surface area contributed by atoms with Crippen LogP contribution in [-0.4, -0.2) is 25.9 Å². The molecule has 0 bridgehead atoms. The van der Waals surface area contributed by atoms with Gasteiger partial charge in [0.05, 0.1) is 26.7 Å². The molecule has 3 rings (SSSR count). The summed E-state index contributed by atoms with van der Waals surface area (Å²) in [6.07, 6.45) is 1.71. The number of benzene rings is 2. The van der Waals surface area contributed by atoms with Crippen molar-refractivity contribution in [3.05, 3.63) is 58.5 Å². The fourth-order valence-electron chi connectivity index (χ4n) is 2.79. The number of hydrogen-bond donors (Lipinski definition) is 0. The van der Waals surface area contributed by atoms with E-state index in [1.807, 2.05) is 18.2 Å². The fourth-order valence-corrected chi connectivity index (χ4v) is 2.79. The molecule has 0 N–H and O–H groups in total. The number of nitrogens with zero attached hydrogens (tertiary/aromatic N) is 1. The van der Waals surface area contributed by atoms with E-state index >= 15 is 0 Å². The first-order chi connectivity index (χ1) is 12.6. The lowest BCUT2D eigenvalue weighted by Gasteiger charge is -2.15. The highest BCUT2D eigenvalue weighted by Gasteiger charge is 2.13. The van der Waals surface area contributed by atoms with Crippen molar-refractivity contribution < 1.29 is 18.9 Å². The van der Waals surface area contributed by atoms with E-state index in [0.29, 0.717) is 33.8 Å². The van der Waals surface area contributed by atoms with Gasteiger partial charge in [0.25, 0.3) is 5.56 Å². The van der Waals surface area contributed by atoms with Crippen molar-refractivity contribution in [1.29, 1.82) is 0 Å². The molecule has 26 heavy (non-hydrogen) atoms. The summed E-state index contributed by atoms with van der Waals surface area (Å²) in [5, 5.41) is 1.29. The zero-order valence-electron chi connectivity index (χ0n) is 15.2. The third kappa shape index (κ3) is 3.31. The maximum absolute atomic E-state index is 12.4. The first-order valence-electron chi connectivity index (χ1n) is 8.08. The lowest BCUT2D eigenvalue weighted by Crippen LogP contribution is -2.15. The van der Waals surface area contributed by atoms with Gasteiger partial charge < -0.3 is 23.5 Å². The van der Waals surface area contributed by atoms with Gasteiger partial charge >= 0.3 is 0 Å².